The molecule has 0 aromatic heterocycles. The van der Waals surface area contributed by atoms with Crippen molar-refractivity contribution in [2.45, 2.75) is 20.3 Å². The van der Waals surface area contributed by atoms with Crippen molar-refractivity contribution in [1.29, 1.82) is 0 Å². The Balaban J connectivity index is 1.74. The molecule has 0 saturated carbocycles. The lowest BCUT2D eigenvalue weighted by atomic mass is 10.1. The SMILES string of the molecule is Cc1cc(C)cc(N2C[C@H](C(=O)Nc3ccc(Br)cc3Cl)CC2=O)c1. The number of aryl methyl sites for hydroxylation is 2. The first-order valence-electron chi connectivity index (χ1n) is 7.98. The van der Waals surface area contributed by atoms with Crippen molar-refractivity contribution in [3.05, 3.63) is 57.0 Å². The Labute approximate surface area is 160 Å². The van der Waals surface area contributed by atoms with Gasteiger partial charge in [0.05, 0.1) is 16.6 Å². The molecule has 1 atom stereocenters. The van der Waals surface area contributed by atoms with Gasteiger partial charge in [-0.3, -0.25) is 9.59 Å². The number of nitrogens with one attached hydrogen (secondary N) is 1. The predicted molar refractivity (Wildman–Crippen MR) is 104 cm³/mol. The molecule has 1 aliphatic rings. The first-order valence-corrected chi connectivity index (χ1v) is 9.15. The standard InChI is InChI=1S/C19H18BrClN2O2/c1-11-5-12(2)7-15(6-11)23-10-13(8-18(23)24)19(25)22-17-4-3-14(20)9-16(17)21/h3-7,9,13H,8,10H2,1-2H3,(H,22,25)/t13-/m1/s1. The van der Waals surface area contributed by atoms with Gasteiger partial charge in [0.15, 0.2) is 0 Å². The fraction of sp³-hybridized carbons (Fsp3) is 0.263. The summed E-state index contributed by atoms with van der Waals surface area (Å²) in [7, 11) is 0. The maximum Gasteiger partial charge on any atom is 0.229 e. The molecule has 2 amide bonds. The van der Waals surface area contributed by atoms with Gasteiger partial charge in [-0.25, -0.2) is 0 Å². The average Bonchev–Trinajstić information content (AvgIpc) is 2.91. The summed E-state index contributed by atoms with van der Waals surface area (Å²) in [6.07, 6.45) is 0.201. The Morgan fingerprint density at radius 3 is 2.52 bits per heavy atom. The Bertz CT molecular complexity index is 833. The Kier molecular flexibility index (Phi) is 5.16. The van der Waals surface area contributed by atoms with Crippen LogP contribution < -0.4 is 10.2 Å². The van der Waals surface area contributed by atoms with Crippen molar-refractivity contribution in [1.82, 2.24) is 0 Å². The third kappa shape index (κ3) is 4.05. The van der Waals surface area contributed by atoms with Gasteiger partial charge >= 0.3 is 0 Å². The molecule has 25 heavy (non-hydrogen) atoms. The molecule has 0 bridgehead atoms. The van der Waals surface area contributed by atoms with Gasteiger partial charge in [0.2, 0.25) is 11.8 Å². The van der Waals surface area contributed by atoms with Crippen LogP contribution in [-0.2, 0) is 9.59 Å². The highest BCUT2D eigenvalue weighted by Gasteiger charge is 2.35. The van der Waals surface area contributed by atoms with E-state index in [9.17, 15) is 9.59 Å². The van der Waals surface area contributed by atoms with Crippen molar-refractivity contribution in [2.75, 3.05) is 16.8 Å². The van der Waals surface area contributed by atoms with Crippen molar-refractivity contribution in [3.63, 3.8) is 0 Å². The van der Waals surface area contributed by atoms with Crippen LogP contribution >= 0.6 is 27.5 Å². The molecular weight excluding hydrogens is 404 g/mol. The molecule has 1 fully saturated rings. The monoisotopic (exact) mass is 420 g/mol. The summed E-state index contributed by atoms with van der Waals surface area (Å²) < 4.78 is 0.840. The number of amides is 2. The molecule has 0 radical (unpaired) electrons. The zero-order chi connectivity index (χ0) is 18.1. The number of halogens is 2. The van der Waals surface area contributed by atoms with Crippen LogP contribution in [0.3, 0.4) is 0 Å². The van der Waals surface area contributed by atoms with Gasteiger partial charge in [-0.05, 0) is 55.3 Å². The number of hydrogen-bond acceptors (Lipinski definition) is 2. The van der Waals surface area contributed by atoms with Crippen LogP contribution in [0.5, 0.6) is 0 Å². The van der Waals surface area contributed by atoms with Crippen molar-refractivity contribution >= 4 is 50.7 Å². The average molecular weight is 422 g/mol. The fourth-order valence-corrected chi connectivity index (χ4v) is 3.79. The summed E-state index contributed by atoms with van der Waals surface area (Å²) >= 11 is 9.48. The van der Waals surface area contributed by atoms with E-state index in [1.165, 1.54) is 0 Å². The van der Waals surface area contributed by atoms with E-state index in [1.807, 2.05) is 32.0 Å². The van der Waals surface area contributed by atoms with Crippen molar-refractivity contribution < 1.29 is 9.59 Å². The smallest absolute Gasteiger partial charge is 0.229 e. The molecule has 3 rings (SSSR count). The minimum absolute atomic E-state index is 0.0351. The van der Waals surface area contributed by atoms with Crippen molar-refractivity contribution in [2.24, 2.45) is 5.92 Å². The summed E-state index contributed by atoms with van der Waals surface area (Å²) in [5.74, 6) is -0.621. The van der Waals surface area contributed by atoms with Crippen molar-refractivity contribution in [3.8, 4) is 0 Å². The minimum atomic E-state index is -0.395. The Morgan fingerprint density at radius 2 is 1.88 bits per heavy atom. The lowest BCUT2D eigenvalue weighted by Gasteiger charge is -2.18. The summed E-state index contributed by atoms with van der Waals surface area (Å²) in [4.78, 5) is 26.6. The van der Waals surface area contributed by atoms with Gasteiger partial charge < -0.3 is 10.2 Å². The summed E-state index contributed by atoms with van der Waals surface area (Å²) in [6.45, 7) is 4.37. The molecule has 1 heterocycles. The second kappa shape index (κ2) is 7.18. The molecule has 1 aliphatic heterocycles. The molecule has 2 aromatic carbocycles. The third-order valence-electron chi connectivity index (χ3n) is 4.20. The predicted octanol–water partition coefficient (Wildman–Crippen LogP) is 4.71. The Morgan fingerprint density at radius 1 is 1.20 bits per heavy atom. The first kappa shape index (κ1) is 18.0. The highest BCUT2D eigenvalue weighted by Crippen LogP contribution is 2.30. The minimum Gasteiger partial charge on any atom is -0.324 e. The molecular formula is C19H18BrClN2O2. The quantitative estimate of drug-likeness (QED) is 0.780. The summed E-state index contributed by atoms with van der Waals surface area (Å²) in [6, 6.07) is 11.3. The number of carbonyl (C=O) groups excluding carboxylic acids is 2. The Hall–Kier alpha value is -1.85. The molecule has 2 aromatic rings. The number of carbonyl (C=O) groups is 2. The molecule has 0 aliphatic carbocycles. The highest BCUT2D eigenvalue weighted by atomic mass is 79.9. The van der Waals surface area contributed by atoms with Gasteiger partial charge in [-0.15, -0.1) is 0 Å². The summed E-state index contributed by atoms with van der Waals surface area (Å²) in [5.41, 5.74) is 3.58. The van der Waals surface area contributed by atoms with Crippen LogP contribution in [0.4, 0.5) is 11.4 Å². The summed E-state index contributed by atoms with van der Waals surface area (Å²) in [5, 5.41) is 3.28. The van der Waals surface area contributed by atoms with Crippen LogP contribution in [0.2, 0.25) is 5.02 Å². The van der Waals surface area contributed by atoms with Crippen LogP contribution in [0.15, 0.2) is 40.9 Å². The van der Waals surface area contributed by atoms with Crippen LogP contribution in [0.1, 0.15) is 17.5 Å². The molecule has 0 spiro atoms. The largest absolute Gasteiger partial charge is 0.324 e. The lowest BCUT2D eigenvalue weighted by Crippen LogP contribution is -2.28. The third-order valence-corrected chi connectivity index (χ3v) is 5.01. The second-order valence-electron chi connectivity index (χ2n) is 6.36. The van der Waals surface area contributed by atoms with Gasteiger partial charge in [-0.1, -0.05) is 33.6 Å². The van der Waals surface area contributed by atoms with Gasteiger partial charge in [-0.2, -0.15) is 0 Å². The maximum absolute atomic E-state index is 12.5. The number of anilines is 2. The number of benzene rings is 2. The maximum atomic E-state index is 12.5. The van der Waals surface area contributed by atoms with E-state index in [2.05, 4.69) is 27.3 Å². The van der Waals surface area contributed by atoms with E-state index in [0.29, 0.717) is 17.3 Å². The first-order chi connectivity index (χ1) is 11.8. The zero-order valence-corrected chi connectivity index (χ0v) is 16.3. The second-order valence-corrected chi connectivity index (χ2v) is 7.69. The van der Waals surface area contributed by atoms with E-state index in [-0.39, 0.29) is 18.2 Å². The highest BCUT2D eigenvalue weighted by molar-refractivity contribution is 9.10. The van der Waals surface area contributed by atoms with E-state index in [4.69, 9.17) is 11.6 Å². The van der Waals surface area contributed by atoms with E-state index in [1.54, 1.807) is 17.0 Å². The van der Waals surface area contributed by atoms with Gasteiger partial charge in [0, 0.05) is 23.1 Å². The lowest BCUT2D eigenvalue weighted by molar-refractivity contribution is -0.122. The normalized spacial score (nSPS) is 17.0. The number of hydrogen-bond donors (Lipinski definition) is 1. The van der Waals surface area contributed by atoms with Crippen LogP contribution in [0.25, 0.3) is 0 Å². The number of nitrogens with zero attached hydrogens (tertiary/aromatic N) is 1. The van der Waals surface area contributed by atoms with Gasteiger partial charge in [0.1, 0.15) is 0 Å². The van der Waals surface area contributed by atoms with Gasteiger partial charge in [0.25, 0.3) is 0 Å². The van der Waals surface area contributed by atoms with Crippen LogP contribution in [0, 0.1) is 19.8 Å². The topological polar surface area (TPSA) is 49.4 Å². The molecule has 1 saturated heterocycles. The van der Waals surface area contributed by atoms with Crippen LogP contribution in [-0.4, -0.2) is 18.4 Å². The number of rotatable bonds is 3. The van der Waals surface area contributed by atoms with E-state index >= 15 is 0 Å². The van der Waals surface area contributed by atoms with E-state index < -0.39 is 5.92 Å². The van der Waals surface area contributed by atoms with E-state index in [0.717, 1.165) is 21.3 Å². The fourth-order valence-electron chi connectivity index (χ4n) is 3.06. The molecule has 6 heteroatoms. The molecule has 0 unspecified atom stereocenters. The molecule has 4 nitrogen and oxygen atoms in total. The molecule has 1 N–H and O–H groups in total. The zero-order valence-electron chi connectivity index (χ0n) is 14.0. The molecule has 130 valence electrons.